The molecule has 0 radical (unpaired) electrons. The fourth-order valence-corrected chi connectivity index (χ4v) is 2.00. The Morgan fingerprint density at radius 2 is 1.80 bits per heavy atom. The summed E-state index contributed by atoms with van der Waals surface area (Å²) in [7, 11) is 0. The second kappa shape index (κ2) is 7.84. The molecule has 0 heterocycles. The second-order valence-electron chi connectivity index (χ2n) is 5.65. The molecule has 0 saturated heterocycles. The van der Waals surface area contributed by atoms with Gasteiger partial charge in [-0.3, -0.25) is 5.32 Å². The molecule has 3 nitrogen and oxygen atoms in total. The van der Waals surface area contributed by atoms with Gasteiger partial charge in [-0.15, -0.1) is 0 Å². The Bertz CT molecular complexity index is 323. The standard InChI is InChI=1S/C14H23F3N2O/c1-13(11-18,19-12-5-6-12)7-2-3-9-20-10-4-8-14(15,16)17/h12,19H,2-10H2,1H3. The summed E-state index contributed by atoms with van der Waals surface area (Å²) in [5.41, 5.74) is -0.489. The molecule has 0 aliphatic heterocycles. The van der Waals surface area contributed by atoms with Gasteiger partial charge in [0.05, 0.1) is 6.07 Å². The highest BCUT2D eigenvalue weighted by molar-refractivity contribution is 5.06. The zero-order valence-electron chi connectivity index (χ0n) is 11.9. The van der Waals surface area contributed by atoms with E-state index in [4.69, 9.17) is 10.00 Å². The largest absolute Gasteiger partial charge is 0.389 e. The smallest absolute Gasteiger partial charge is 0.381 e. The molecule has 1 saturated carbocycles. The van der Waals surface area contributed by atoms with Crippen molar-refractivity contribution in [1.29, 1.82) is 5.26 Å². The van der Waals surface area contributed by atoms with Crippen LogP contribution in [0.2, 0.25) is 0 Å². The maximum absolute atomic E-state index is 11.9. The molecular formula is C14H23F3N2O. The fraction of sp³-hybridized carbons (Fsp3) is 0.929. The van der Waals surface area contributed by atoms with Crippen LogP contribution >= 0.6 is 0 Å². The van der Waals surface area contributed by atoms with E-state index in [1.165, 1.54) is 0 Å². The first-order chi connectivity index (χ1) is 9.35. The van der Waals surface area contributed by atoms with Crippen molar-refractivity contribution in [3.63, 3.8) is 0 Å². The Morgan fingerprint density at radius 3 is 2.35 bits per heavy atom. The van der Waals surface area contributed by atoms with Gasteiger partial charge in [0, 0.05) is 25.7 Å². The number of halogens is 3. The number of ether oxygens (including phenoxy) is 1. The first kappa shape index (κ1) is 17.3. The Morgan fingerprint density at radius 1 is 1.15 bits per heavy atom. The number of hydrogen-bond donors (Lipinski definition) is 1. The topological polar surface area (TPSA) is 45.0 Å². The van der Waals surface area contributed by atoms with Crippen LogP contribution in [0.5, 0.6) is 0 Å². The third-order valence-electron chi connectivity index (χ3n) is 3.31. The Labute approximate surface area is 118 Å². The number of alkyl halides is 3. The number of unbranched alkanes of at least 4 members (excludes halogenated alkanes) is 1. The minimum atomic E-state index is -4.09. The second-order valence-corrected chi connectivity index (χ2v) is 5.65. The highest BCUT2D eigenvalue weighted by atomic mass is 19.4. The van der Waals surface area contributed by atoms with Crippen LogP contribution < -0.4 is 5.32 Å². The van der Waals surface area contributed by atoms with Gasteiger partial charge in [0.25, 0.3) is 0 Å². The summed E-state index contributed by atoms with van der Waals surface area (Å²) in [6.45, 7) is 2.51. The zero-order valence-corrected chi connectivity index (χ0v) is 11.9. The predicted octanol–water partition coefficient (Wildman–Crippen LogP) is 3.55. The molecule has 1 unspecified atom stereocenters. The van der Waals surface area contributed by atoms with Gasteiger partial charge in [-0.05, 0) is 45.4 Å². The molecule has 0 aromatic rings. The molecule has 1 rings (SSSR count). The highest BCUT2D eigenvalue weighted by Gasteiger charge is 2.31. The van der Waals surface area contributed by atoms with Crippen LogP contribution in [0.1, 0.15) is 51.9 Å². The molecule has 116 valence electrons. The van der Waals surface area contributed by atoms with E-state index in [1.807, 2.05) is 6.92 Å². The summed E-state index contributed by atoms with van der Waals surface area (Å²) >= 11 is 0. The van der Waals surface area contributed by atoms with Gasteiger partial charge >= 0.3 is 6.18 Å². The molecule has 6 heteroatoms. The molecule has 0 amide bonds. The van der Waals surface area contributed by atoms with Crippen molar-refractivity contribution in [2.45, 2.75) is 69.6 Å². The quantitative estimate of drug-likeness (QED) is 0.626. The van der Waals surface area contributed by atoms with Crippen molar-refractivity contribution in [3.8, 4) is 6.07 Å². The summed E-state index contributed by atoms with van der Waals surface area (Å²) in [4.78, 5) is 0. The number of nitrogens with zero attached hydrogens (tertiary/aromatic N) is 1. The van der Waals surface area contributed by atoms with E-state index >= 15 is 0 Å². The Balaban J connectivity index is 1.97. The Kier molecular flexibility index (Phi) is 6.77. The first-order valence-electron chi connectivity index (χ1n) is 7.18. The van der Waals surface area contributed by atoms with Crippen LogP contribution in [0.25, 0.3) is 0 Å². The molecule has 1 N–H and O–H groups in total. The molecular weight excluding hydrogens is 269 g/mol. The monoisotopic (exact) mass is 292 g/mol. The van der Waals surface area contributed by atoms with Crippen LogP contribution in [-0.4, -0.2) is 31.0 Å². The lowest BCUT2D eigenvalue weighted by atomic mass is 9.96. The predicted molar refractivity (Wildman–Crippen MR) is 70.1 cm³/mol. The third kappa shape index (κ3) is 8.39. The van der Waals surface area contributed by atoms with E-state index in [2.05, 4.69) is 11.4 Å². The molecule has 1 aliphatic carbocycles. The lowest BCUT2D eigenvalue weighted by molar-refractivity contribution is -0.137. The van der Waals surface area contributed by atoms with E-state index in [1.54, 1.807) is 0 Å². The van der Waals surface area contributed by atoms with Gasteiger partial charge in [0.2, 0.25) is 0 Å². The van der Waals surface area contributed by atoms with E-state index in [9.17, 15) is 13.2 Å². The summed E-state index contributed by atoms with van der Waals surface area (Å²) in [5.74, 6) is 0. The van der Waals surface area contributed by atoms with E-state index in [-0.39, 0.29) is 13.0 Å². The molecule has 0 aromatic carbocycles. The van der Waals surface area contributed by atoms with Crippen molar-refractivity contribution in [1.82, 2.24) is 5.32 Å². The van der Waals surface area contributed by atoms with Crippen LogP contribution in [0.3, 0.4) is 0 Å². The molecule has 0 aromatic heterocycles. The first-order valence-corrected chi connectivity index (χ1v) is 7.18. The zero-order chi connectivity index (χ0) is 15.1. The van der Waals surface area contributed by atoms with Gasteiger partial charge < -0.3 is 4.74 Å². The molecule has 0 spiro atoms. The number of hydrogen-bond acceptors (Lipinski definition) is 3. The van der Waals surface area contributed by atoms with Gasteiger partial charge in [0.15, 0.2) is 0 Å². The van der Waals surface area contributed by atoms with E-state index in [0.717, 1.165) is 32.1 Å². The average molecular weight is 292 g/mol. The number of nitrogens with one attached hydrogen (secondary N) is 1. The number of nitriles is 1. The van der Waals surface area contributed by atoms with Crippen LogP contribution in [0.15, 0.2) is 0 Å². The highest BCUT2D eigenvalue weighted by Crippen LogP contribution is 2.25. The van der Waals surface area contributed by atoms with Crippen molar-refractivity contribution >= 4 is 0 Å². The van der Waals surface area contributed by atoms with Crippen molar-refractivity contribution in [2.75, 3.05) is 13.2 Å². The fourth-order valence-electron chi connectivity index (χ4n) is 2.00. The summed E-state index contributed by atoms with van der Waals surface area (Å²) in [6, 6.07) is 2.79. The molecule has 1 atom stereocenters. The van der Waals surface area contributed by atoms with Crippen LogP contribution in [-0.2, 0) is 4.74 Å². The average Bonchev–Trinajstić information content (AvgIpc) is 3.15. The molecule has 1 fully saturated rings. The molecule has 0 bridgehead atoms. The lowest BCUT2D eigenvalue weighted by Gasteiger charge is -2.23. The van der Waals surface area contributed by atoms with Crippen LogP contribution in [0.4, 0.5) is 13.2 Å². The maximum Gasteiger partial charge on any atom is 0.389 e. The van der Waals surface area contributed by atoms with E-state index in [0.29, 0.717) is 12.6 Å². The van der Waals surface area contributed by atoms with E-state index < -0.39 is 18.1 Å². The Hall–Kier alpha value is -0.800. The molecule has 20 heavy (non-hydrogen) atoms. The third-order valence-corrected chi connectivity index (χ3v) is 3.31. The lowest BCUT2D eigenvalue weighted by Crippen LogP contribution is -2.42. The van der Waals surface area contributed by atoms with Crippen LogP contribution in [0, 0.1) is 11.3 Å². The van der Waals surface area contributed by atoms with Gasteiger partial charge in [0.1, 0.15) is 5.54 Å². The maximum atomic E-state index is 11.9. The number of rotatable bonds is 10. The van der Waals surface area contributed by atoms with Crippen molar-refractivity contribution in [3.05, 3.63) is 0 Å². The molecule has 1 aliphatic rings. The summed E-state index contributed by atoms with van der Waals surface area (Å²) < 4.78 is 40.8. The normalized spacial score (nSPS) is 18.6. The minimum Gasteiger partial charge on any atom is -0.381 e. The van der Waals surface area contributed by atoms with Crippen molar-refractivity contribution < 1.29 is 17.9 Å². The summed E-state index contributed by atoms with van der Waals surface area (Å²) in [5, 5.41) is 12.5. The minimum absolute atomic E-state index is 0.0165. The van der Waals surface area contributed by atoms with Crippen molar-refractivity contribution in [2.24, 2.45) is 0 Å². The summed E-state index contributed by atoms with van der Waals surface area (Å²) in [6.07, 6.45) is -0.232. The van der Waals surface area contributed by atoms with Gasteiger partial charge in [-0.25, -0.2) is 0 Å². The van der Waals surface area contributed by atoms with Gasteiger partial charge in [-0.2, -0.15) is 18.4 Å². The van der Waals surface area contributed by atoms with Gasteiger partial charge in [-0.1, -0.05) is 0 Å². The SMILES string of the molecule is CC(C#N)(CCCCOCCCC(F)(F)F)NC1CC1.